The minimum Gasteiger partial charge on any atom is -0.295 e. The molecular formula is C10H9NO3. The summed E-state index contributed by atoms with van der Waals surface area (Å²) in [7, 11) is 0. The number of allylic oxidation sites excluding steroid dienone is 1. The summed E-state index contributed by atoms with van der Waals surface area (Å²) in [4.78, 5) is 20.9. The molecule has 0 spiro atoms. The Balaban J connectivity index is 2.88. The van der Waals surface area contributed by atoms with Gasteiger partial charge in [0.25, 0.3) is 5.69 Å². The summed E-state index contributed by atoms with van der Waals surface area (Å²) in [5.74, 6) is -0.148. The fourth-order valence-electron chi connectivity index (χ4n) is 1.05. The third-order valence-corrected chi connectivity index (χ3v) is 1.73. The van der Waals surface area contributed by atoms with Crippen LogP contribution in [0.4, 0.5) is 5.69 Å². The molecule has 0 N–H and O–H groups in total. The third kappa shape index (κ3) is 2.52. The van der Waals surface area contributed by atoms with E-state index in [1.165, 1.54) is 18.2 Å². The van der Waals surface area contributed by atoms with Gasteiger partial charge in [-0.05, 0) is 11.6 Å². The first-order chi connectivity index (χ1) is 6.63. The van der Waals surface area contributed by atoms with E-state index in [4.69, 9.17) is 0 Å². The molecule has 1 rings (SSSR count). The molecule has 0 saturated heterocycles. The predicted molar refractivity (Wildman–Crippen MR) is 52.0 cm³/mol. The minimum atomic E-state index is -0.484. The van der Waals surface area contributed by atoms with Crippen molar-refractivity contribution in [2.45, 2.75) is 6.42 Å². The van der Waals surface area contributed by atoms with E-state index >= 15 is 0 Å². The lowest BCUT2D eigenvalue weighted by molar-refractivity contribution is -0.384. The van der Waals surface area contributed by atoms with E-state index < -0.39 is 4.92 Å². The van der Waals surface area contributed by atoms with E-state index in [0.29, 0.717) is 5.56 Å². The second-order valence-corrected chi connectivity index (χ2v) is 2.77. The monoisotopic (exact) mass is 191 g/mol. The summed E-state index contributed by atoms with van der Waals surface area (Å²) in [6.45, 7) is 3.33. The van der Waals surface area contributed by atoms with Gasteiger partial charge < -0.3 is 0 Å². The summed E-state index contributed by atoms with van der Waals surface area (Å²) in [6.07, 6.45) is 1.37. The molecule has 0 aromatic heterocycles. The molecule has 0 radical (unpaired) electrons. The van der Waals surface area contributed by atoms with Crippen molar-refractivity contribution in [3.8, 4) is 0 Å². The number of rotatable bonds is 4. The Morgan fingerprint density at radius 2 is 2.29 bits per heavy atom. The van der Waals surface area contributed by atoms with E-state index in [1.807, 2.05) is 0 Å². The molecule has 0 aliphatic heterocycles. The molecule has 14 heavy (non-hydrogen) atoms. The van der Waals surface area contributed by atoms with Crippen LogP contribution in [0.3, 0.4) is 0 Å². The zero-order valence-electron chi connectivity index (χ0n) is 7.47. The van der Waals surface area contributed by atoms with Crippen LogP contribution in [0.25, 0.3) is 0 Å². The van der Waals surface area contributed by atoms with Crippen LogP contribution >= 0.6 is 0 Å². The van der Waals surface area contributed by atoms with Gasteiger partial charge in [0.1, 0.15) is 0 Å². The molecule has 0 aliphatic rings. The predicted octanol–water partition coefficient (Wildman–Crippen LogP) is 1.89. The number of benzene rings is 1. The first kappa shape index (κ1) is 10.1. The normalized spacial score (nSPS) is 9.43. The zero-order chi connectivity index (χ0) is 10.6. The van der Waals surface area contributed by atoms with Crippen LogP contribution in [-0.4, -0.2) is 10.7 Å². The van der Waals surface area contributed by atoms with Crippen molar-refractivity contribution < 1.29 is 9.72 Å². The van der Waals surface area contributed by atoms with Crippen LogP contribution in [-0.2, 0) is 11.2 Å². The first-order valence-electron chi connectivity index (χ1n) is 4.02. The molecule has 0 heterocycles. The first-order valence-corrected chi connectivity index (χ1v) is 4.02. The SMILES string of the molecule is C=CC(=O)Cc1cccc([N+](=O)[O-])c1. The van der Waals surface area contributed by atoms with E-state index in [0.717, 1.165) is 0 Å². The van der Waals surface area contributed by atoms with Gasteiger partial charge in [0.05, 0.1) is 4.92 Å². The molecule has 4 nitrogen and oxygen atoms in total. The van der Waals surface area contributed by atoms with Crippen molar-refractivity contribution in [2.75, 3.05) is 0 Å². The highest BCUT2D eigenvalue weighted by molar-refractivity contribution is 5.90. The fraction of sp³-hybridized carbons (Fsp3) is 0.100. The Hall–Kier alpha value is -1.97. The molecule has 1 aromatic carbocycles. The Labute approximate surface area is 81.0 Å². The number of hydrogen-bond acceptors (Lipinski definition) is 3. The van der Waals surface area contributed by atoms with Gasteiger partial charge in [0, 0.05) is 18.6 Å². The van der Waals surface area contributed by atoms with Crippen molar-refractivity contribution in [1.82, 2.24) is 0 Å². The van der Waals surface area contributed by atoms with Crippen LogP contribution in [0.1, 0.15) is 5.56 Å². The number of hydrogen-bond donors (Lipinski definition) is 0. The summed E-state index contributed by atoms with van der Waals surface area (Å²) in [5.41, 5.74) is 0.628. The Morgan fingerprint density at radius 1 is 1.57 bits per heavy atom. The summed E-state index contributed by atoms with van der Waals surface area (Å²) >= 11 is 0. The molecular weight excluding hydrogens is 182 g/mol. The van der Waals surface area contributed by atoms with Crippen molar-refractivity contribution in [3.63, 3.8) is 0 Å². The lowest BCUT2D eigenvalue weighted by Crippen LogP contribution is -1.98. The second kappa shape index (κ2) is 4.32. The largest absolute Gasteiger partial charge is 0.295 e. The number of carbonyl (C=O) groups excluding carboxylic acids is 1. The van der Waals surface area contributed by atoms with Crippen molar-refractivity contribution in [1.29, 1.82) is 0 Å². The molecule has 0 unspecified atom stereocenters. The topological polar surface area (TPSA) is 60.2 Å². The number of nitro groups is 1. The molecule has 0 aliphatic carbocycles. The maximum absolute atomic E-state index is 11.0. The molecule has 4 heteroatoms. The third-order valence-electron chi connectivity index (χ3n) is 1.73. The quantitative estimate of drug-likeness (QED) is 0.414. The standard InChI is InChI=1S/C10H9NO3/c1-2-10(12)7-8-4-3-5-9(6-8)11(13)14/h2-6H,1,7H2. The van der Waals surface area contributed by atoms with Gasteiger partial charge in [-0.2, -0.15) is 0 Å². The van der Waals surface area contributed by atoms with Crippen LogP contribution < -0.4 is 0 Å². The molecule has 1 aromatic rings. The van der Waals surface area contributed by atoms with Gasteiger partial charge in [-0.25, -0.2) is 0 Å². The van der Waals surface area contributed by atoms with Crippen LogP contribution in [0, 0.1) is 10.1 Å². The molecule has 0 bridgehead atoms. The highest BCUT2D eigenvalue weighted by Gasteiger charge is 2.06. The number of carbonyl (C=O) groups is 1. The maximum Gasteiger partial charge on any atom is 0.269 e. The van der Waals surface area contributed by atoms with Gasteiger partial charge in [-0.1, -0.05) is 18.7 Å². The molecule has 0 fully saturated rings. The number of nitrogens with zero attached hydrogens (tertiary/aromatic N) is 1. The van der Waals surface area contributed by atoms with Crippen molar-refractivity contribution in [2.24, 2.45) is 0 Å². The smallest absolute Gasteiger partial charge is 0.269 e. The van der Waals surface area contributed by atoms with Crippen molar-refractivity contribution in [3.05, 3.63) is 52.6 Å². The second-order valence-electron chi connectivity index (χ2n) is 2.77. The maximum atomic E-state index is 11.0. The Kier molecular flexibility index (Phi) is 3.12. The zero-order valence-corrected chi connectivity index (χ0v) is 7.47. The van der Waals surface area contributed by atoms with Gasteiger partial charge >= 0.3 is 0 Å². The van der Waals surface area contributed by atoms with Crippen LogP contribution in [0.15, 0.2) is 36.9 Å². The summed E-state index contributed by atoms with van der Waals surface area (Å²) in [6, 6.07) is 6.02. The summed E-state index contributed by atoms with van der Waals surface area (Å²) < 4.78 is 0. The Morgan fingerprint density at radius 3 is 2.86 bits per heavy atom. The van der Waals surface area contributed by atoms with Crippen LogP contribution in [0.5, 0.6) is 0 Å². The molecule has 0 amide bonds. The van der Waals surface area contributed by atoms with E-state index in [-0.39, 0.29) is 17.9 Å². The van der Waals surface area contributed by atoms with E-state index in [9.17, 15) is 14.9 Å². The highest BCUT2D eigenvalue weighted by atomic mass is 16.6. The molecule has 72 valence electrons. The summed E-state index contributed by atoms with van der Waals surface area (Å²) in [5, 5.41) is 10.4. The van der Waals surface area contributed by atoms with Gasteiger partial charge in [-0.3, -0.25) is 14.9 Å². The Bertz CT molecular complexity index is 385. The van der Waals surface area contributed by atoms with Crippen molar-refractivity contribution >= 4 is 11.5 Å². The molecule has 0 saturated carbocycles. The van der Waals surface area contributed by atoms with Gasteiger partial charge in [0.15, 0.2) is 5.78 Å². The highest BCUT2D eigenvalue weighted by Crippen LogP contribution is 2.13. The average Bonchev–Trinajstić information content (AvgIpc) is 2.18. The number of nitro benzene ring substituents is 1. The van der Waals surface area contributed by atoms with Gasteiger partial charge in [-0.15, -0.1) is 0 Å². The van der Waals surface area contributed by atoms with Gasteiger partial charge in [0.2, 0.25) is 0 Å². The minimum absolute atomic E-state index is 0.000591. The van der Waals surface area contributed by atoms with E-state index in [1.54, 1.807) is 12.1 Å². The number of non-ortho nitro benzene ring substituents is 1. The molecule has 0 atom stereocenters. The van der Waals surface area contributed by atoms with Crippen LogP contribution in [0.2, 0.25) is 0 Å². The lowest BCUT2D eigenvalue weighted by Gasteiger charge is -1.97. The number of ketones is 1. The average molecular weight is 191 g/mol. The fourth-order valence-corrected chi connectivity index (χ4v) is 1.05. The van der Waals surface area contributed by atoms with E-state index in [2.05, 4.69) is 6.58 Å². The lowest BCUT2D eigenvalue weighted by atomic mass is 10.1.